The van der Waals surface area contributed by atoms with Gasteiger partial charge in [-0.15, -0.1) is 0 Å². The zero-order chi connectivity index (χ0) is 43.2. The molecule has 0 aliphatic heterocycles. The van der Waals surface area contributed by atoms with E-state index < -0.39 is 40.3 Å². The van der Waals surface area contributed by atoms with E-state index in [1.165, 1.54) is 154 Å². The summed E-state index contributed by atoms with van der Waals surface area (Å²) in [4.78, 5) is 29.9. The first-order chi connectivity index (χ1) is 28.2. The fourth-order valence-corrected chi connectivity index (χ4v) is 28.9. The summed E-state index contributed by atoms with van der Waals surface area (Å²) in [6.07, 6.45) is 35.0. The van der Waals surface area contributed by atoms with Gasteiger partial charge in [0.05, 0.1) is 0 Å². The molecule has 344 valence electrons. The van der Waals surface area contributed by atoms with Crippen LogP contribution in [-0.2, 0) is 15.7 Å². The van der Waals surface area contributed by atoms with Crippen molar-refractivity contribution in [2.24, 2.45) is 23.7 Å². The van der Waals surface area contributed by atoms with E-state index in [1.54, 1.807) is 0 Å². The molecule has 4 atom stereocenters. The Labute approximate surface area is 379 Å². The summed E-state index contributed by atoms with van der Waals surface area (Å²) in [5.74, 6) is 2.43. The fraction of sp³-hybridized carbons (Fsp3) is 0.923. The van der Waals surface area contributed by atoms with Crippen molar-refractivity contribution in [1.82, 2.24) is 0 Å². The average molecular weight is 1030 g/mol. The van der Waals surface area contributed by atoms with Gasteiger partial charge in [0.2, 0.25) is 0 Å². The van der Waals surface area contributed by atoms with E-state index in [1.807, 2.05) is 0 Å². The standard InChI is InChI=1S/C20H36O4.4C8H17.2Sn.2H/c1-3-5-7-9-11-13-15-17(19(21)22)18(20(23)24)16-14-12-10-8-6-4-2;4*1-4-6-7-8(3)5-2;;;;/h3-16H2,1-2H3,(H,21,22)(H,23,24);4*8H,3-7H2,1-2H3;;;;/q;;;;;2*+1;;/p-2/b18-17-;;;;;;;;. The molecule has 0 N–H and O–H groups in total. The number of unbranched alkanes of at least 4 members (excludes halogenated alkanes) is 14. The Hall–Kier alpha value is 0.277. The monoisotopic (exact) mass is 1030 g/mol. The van der Waals surface area contributed by atoms with Crippen LogP contribution in [-0.4, -0.2) is 52.3 Å². The molecule has 6 heteroatoms. The van der Waals surface area contributed by atoms with Gasteiger partial charge in [-0.1, -0.05) is 0 Å². The first-order valence-corrected chi connectivity index (χ1v) is 38.4. The van der Waals surface area contributed by atoms with Gasteiger partial charge in [0.25, 0.3) is 0 Å². The first kappa shape index (κ1) is 58.3. The molecule has 0 aliphatic rings. The number of carbonyl (C=O) groups is 2. The molecule has 0 aliphatic carbocycles. The van der Waals surface area contributed by atoms with Crippen LogP contribution in [0.15, 0.2) is 11.1 Å². The Morgan fingerprint density at radius 3 is 0.828 bits per heavy atom. The van der Waals surface area contributed by atoms with Crippen molar-refractivity contribution in [1.29, 1.82) is 0 Å². The molecule has 4 nitrogen and oxygen atoms in total. The summed E-state index contributed by atoms with van der Waals surface area (Å²) < 4.78 is 18.6. The van der Waals surface area contributed by atoms with Crippen LogP contribution in [0.3, 0.4) is 0 Å². The molecule has 0 saturated carbocycles. The van der Waals surface area contributed by atoms with E-state index >= 15 is 0 Å². The second kappa shape index (κ2) is 41.3. The predicted molar refractivity (Wildman–Crippen MR) is 262 cm³/mol. The molecule has 0 aromatic rings. The van der Waals surface area contributed by atoms with E-state index in [9.17, 15) is 9.59 Å². The molecule has 0 fully saturated rings. The van der Waals surface area contributed by atoms with Gasteiger partial charge in [0, 0.05) is 0 Å². The second-order valence-electron chi connectivity index (χ2n) is 18.7. The molecule has 4 unspecified atom stereocenters. The molecule has 0 radical (unpaired) electrons. The summed E-state index contributed by atoms with van der Waals surface area (Å²) in [6, 6.07) is 0. The molecule has 0 rings (SSSR count). The summed E-state index contributed by atoms with van der Waals surface area (Å²) in [5, 5.41) is 0. The molecular weight excluding hydrogens is 926 g/mol. The van der Waals surface area contributed by atoms with Crippen LogP contribution >= 0.6 is 0 Å². The van der Waals surface area contributed by atoms with Crippen LogP contribution in [0.4, 0.5) is 0 Å². The maximum absolute atomic E-state index is 15.0. The van der Waals surface area contributed by atoms with E-state index in [4.69, 9.17) is 6.15 Å². The predicted octanol–water partition coefficient (Wildman–Crippen LogP) is 17.2. The zero-order valence-corrected chi connectivity index (χ0v) is 47.7. The molecule has 0 aromatic heterocycles. The van der Waals surface area contributed by atoms with Gasteiger partial charge in [-0.25, -0.2) is 0 Å². The Bertz CT molecular complexity index is 870. The minimum atomic E-state index is -2.80. The number of hydrogen-bond donors (Lipinski definition) is 0. The van der Waals surface area contributed by atoms with Crippen LogP contribution in [0.25, 0.3) is 0 Å². The molecule has 58 heavy (non-hydrogen) atoms. The number of carbonyl (C=O) groups excluding carboxylic acids is 2. The van der Waals surface area contributed by atoms with Crippen molar-refractivity contribution in [3.05, 3.63) is 11.1 Å². The SMILES string of the molecule is CCCCCCCC/C(C(=O)[O][SnH]([CH2]C(CC)CCCC)[CH2]C(CC)CCCC)=C(\CCCCCCCC)C(=O)[O][SnH]([CH2]C(CC)CCCC)[CH2]C(CC)CCCC. The van der Waals surface area contributed by atoms with Crippen LogP contribution < -0.4 is 0 Å². The van der Waals surface area contributed by atoms with Gasteiger partial charge in [0.1, 0.15) is 0 Å². The van der Waals surface area contributed by atoms with Crippen LogP contribution in [0, 0.1) is 23.7 Å². The van der Waals surface area contributed by atoms with Crippen molar-refractivity contribution in [2.45, 2.75) is 280 Å². The van der Waals surface area contributed by atoms with E-state index in [0.717, 1.165) is 54.6 Å². The second-order valence-corrected chi connectivity index (χ2v) is 32.5. The van der Waals surface area contributed by atoms with Gasteiger partial charge in [-0.05, 0) is 0 Å². The Morgan fingerprint density at radius 1 is 0.345 bits per heavy atom. The van der Waals surface area contributed by atoms with Gasteiger partial charge in [-0.3, -0.25) is 0 Å². The average Bonchev–Trinajstić information content (AvgIpc) is 3.23. The Balaban J connectivity index is 7.11. The molecule has 0 bridgehead atoms. The fourth-order valence-electron chi connectivity index (χ4n) is 9.16. The molecule has 0 aromatic carbocycles. The molecule has 0 amide bonds. The third-order valence-corrected chi connectivity index (χ3v) is 30.3. The van der Waals surface area contributed by atoms with Gasteiger partial charge in [-0.2, -0.15) is 0 Å². The number of rotatable bonds is 42. The summed E-state index contributed by atoms with van der Waals surface area (Å²) in [6.45, 7) is 23.1. The Morgan fingerprint density at radius 2 is 0.586 bits per heavy atom. The zero-order valence-electron chi connectivity index (χ0n) is 41.1. The summed E-state index contributed by atoms with van der Waals surface area (Å²) in [5.41, 5.74) is 1.47. The minimum absolute atomic E-state index is 0.0986. The molecule has 0 spiro atoms. The van der Waals surface area contributed by atoms with Crippen molar-refractivity contribution >= 4 is 52.3 Å². The van der Waals surface area contributed by atoms with Gasteiger partial charge < -0.3 is 0 Å². The van der Waals surface area contributed by atoms with Gasteiger partial charge in [0.15, 0.2) is 0 Å². The third-order valence-electron chi connectivity index (χ3n) is 13.5. The van der Waals surface area contributed by atoms with Crippen LogP contribution in [0.1, 0.15) is 262 Å². The maximum atomic E-state index is 15.0. The van der Waals surface area contributed by atoms with Crippen LogP contribution in [0.5, 0.6) is 0 Å². The summed E-state index contributed by atoms with van der Waals surface area (Å²) >= 11 is -5.59. The number of hydrogen-bond acceptors (Lipinski definition) is 4. The van der Waals surface area contributed by atoms with Crippen LogP contribution in [0.2, 0.25) is 17.7 Å². The van der Waals surface area contributed by atoms with Crippen molar-refractivity contribution in [3.63, 3.8) is 0 Å². The van der Waals surface area contributed by atoms with Crippen molar-refractivity contribution in [3.8, 4) is 0 Å². The van der Waals surface area contributed by atoms with Crippen molar-refractivity contribution in [2.75, 3.05) is 0 Å². The normalized spacial score (nSPS) is 15.3. The van der Waals surface area contributed by atoms with E-state index in [2.05, 4.69) is 69.2 Å². The quantitative estimate of drug-likeness (QED) is 0.0347. The van der Waals surface area contributed by atoms with Gasteiger partial charge >= 0.3 is 382 Å². The van der Waals surface area contributed by atoms with Crippen molar-refractivity contribution < 1.29 is 15.7 Å². The van der Waals surface area contributed by atoms with E-state index in [0.29, 0.717) is 36.5 Å². The first-order valence-electron chi connectivity index (χ1n) is 26.3. The molecule has 0 saturated heterocycles. The third kappa shape index (κ3) is 29.6. The molecular formula is C52H104O4Sn2. The topological polar surface area (TPSA) is 52.6 Å². The summed E-state index contributed by atoms with van der Waals surface area (Å²) in [7, 11) is 0. The Kier molecular flexibility index (Phi) is 41.5. The van der Waals surface area contributed by atoms with E-state index in [-0.39, 0.29) is 11.9 Å². The molecule has 0 heterocycles.